The Morgan fingerprint density at radius 3 is 2.80 bits per heavy atom. The van der Waals surface area contributed by atoms with Crippen LogP contribution in [0.4, 0.5) is 0 Å². The molecule has 0 saturated heterocycles. The summed E-state index contributed by atoms with van der Waals surface area (Å²) in [5.41, 5.74) is 3.06. The van der Waals surface area contributed by atoms with E-state index < -0.39 is 0 Å². The van der Waals surface area contributed by atoms with E-state index in [-0.39, 0.29) is 5.91 Å². The van der Waals surface area contributed by atoms with Crippen LogP contribution >= 0.6 is 15.9 Å². The van der Waals surface area contributed by atoms with Gasteiger partial charge in [0, 0.05) is 16.6 Å². The van der Waals surface area contributed by atoms with Gasteiger partial charge in [0.15, 0.2) is 0 Å². The zero-order valence-corrected chi connectivity index (χ0v) is 12.6. The van der Waals surface area contributed by atoms with E-state index >= 15 is 0 Å². The van der Waals surface area contributed by atoms with Crippen LogP contribution in [0.1, 0.15) is 27.0 Å². The molecule has 0 bridgehead atoms. The number of nitrogens with zero attached hydrogens (tertiary/aromatic N) is 1. The molecule has 1 N–H and O–H groups in total. The molecule has 0 aromatic heterocycles. The predicted molar refractivity (Wildman–Crippen MR) is 81.2 cm³/mol. The molecule has 3 nitrogen and oxygen atoms in total. The SMILES string of the molecule is Cc1c(Br)cccc1C(=O)NCc1cccc(C#N)c1. The van der Waals surface area contributed by atoms with Gasteiger partial charge in [-0.25, -0.2) is 0 Å². The second-order valence-corrected chi connectivity index (χ2v) is 5.26. The first-order valence-corrected chi connectivity index (χ1v) is 6.93. The summed E-state index contributed by atoms with van der Waals surface area (Å²) in [7, 11) is 0. The lowest BCUT2D eigenvalue weighted by Crippen LogP contribution is -2.23. The maximum atomic E-state index is 12.1. The third-order valence-corrected chi connectivity index (χ3v) is 3.88. The van der Waals surface area contributed by atoms with E-state index in [4.69, 9.17) is 5.26 Å². The number of benzene rings is 2. The minimum absolute atomic E-state index is 0.119. The van der Waals surface area contributed by atoms with Crippen LogP contribution in [0.25, 0.3) is 0 Å². The summed E-state index contributed by atoms with van der Waals surface area (Å²) in [5, 5.41) is 11.7. The topological polar surface area (TPSA) is 52.9 Å². The number of halogens is 1. The van der Waals surface area contributed by atoms with Gasteiger partial charge in [0.2, 0.25) is 0 Å². The van der Waals surface area contributed by atoms with Crippen molar-refractivity contribution < 1.29 is 4.79 Å². The number of rotatable bonds is 3. The van der Waals surface area contributed by atoms with Crippen LogP contribution in [0, 0.1) is 18.3 Å². The van der Waals surface area contributed by atoms with Gasteiger partial charge in [-0.05, 0) is 42.3 Å². The van der Waals surface area contributed by atoms with Gasteiger partial charge in [0.05, 0.1) is 11.6 Å². The van der Waals surface area contributed by atoms with Crippen molar-refractivity contribution >= 4 is 21.8 Å². The van der Waals surface area contributed by atoms with E-state index in [0.717, 1.165) is 15.6 Å². The van der Waals surface area contributed by atoms with Gasteiger partial charge in [-0.1, -0.05) is 34.1 Å². The largest absolute Gasteiger partial charge is 0.348 e. The van der Waals surface area contributed by atoms with Gasteiger partial charge in [-0.15, -0.1) is 0 Å². The van der Waals surface area contributed by atoms with Crippen molar-refractivity contribution in [1.82, 2.24) is 5.32 Å². The monoisotopic (exact) mass is 328 g/mol. The molecule has 2 aromatic rings. The lowest BCUT2D eigenvalue weighted by atomic mass is 10.1. The average Bonchev–Trinajstić information content (AvgIpc) is 2.48. The first-order valence-electron chi connectivity index (χ1n) is 6.14. The smallest absolute Gasteiger partial charge is 0.251 e. The molecule has 0 spiro atoms. The molecule has 100 valence electrons. The Morgan fingerprint density at radius 2 is 2.05 bits per heavy atom. The van der Waals surface area contributed by atoms with Crippen LogP contribution in [0.5, 0.6) is 0 Å². The fourth-order valence-corrected chi connectivity index (χ4v) is 2.25. The van der Waals surface area contributed by atoms with Crippen molar-refractivity contribution in [3.63, 3.8) is 0 Å². The van der Waals surface area contributed by atoms with E-state index in [9.17, 15) is 4.79 Å². The van der Waals surface area contributed by atoms with E-state index in [1.54, 1.807) is 18.2 Å². The normalized spacial score (nSPS) is 9.85. The molecule has 0 atom stereocenters. The Bertz CT molecular complexity index is 689. The van der Waals surface area contributed by atoms with Crippen LogP contribution in [0.3, 0.4) is 0 Å². The van der Waals surface area contributed by atoms with E-state index in [1.165, 1.54) is 0 Å². The van der Waals surface area contributed by atoms with Crippen molar-refractivity contribution in [3.05, 3.63) is 69.2 Å². The molecule has 2 aromatic carbocycles. The van der Waals surface area contributed by atoms with Crippen LogP contribution in [-0.2, 0) is 6.54 Å². The molecule has 0 fully saturated rings. The summed E-state index contributed by atoms with van der Waals surface area (Å²) < 4.78 is 0.914. The highest BCUT2D eigenvalue weighted by atomic mass is 79.9. The fraction of sp³-hybridized carbons (Fsp3) is 0.125. The molecule has 4 heteroatoms. The molecule has 0 unspecified atom stereocenters. The number of nitrogens with one attached hydrogen (secondary N) is 1. The molecule has 0 radical (unpaired) electrons. The van der Waals surface area contributed by atoms with E-state index in [0.29, 0.717) is 17.7 Å². The van der Waals surface area contributed by atoms with Gasteiger partial charge >= 0.3 is 0 Å². The molecule has 0 aliphatic carbocycles. The Kier molecular flexibility index (Phi) is 4.54. The molecule has 0 aliphatic rings. The highest BCUT2D eigenvalue weighted by Crippen LogP contribution is 2.19. The molecule has 0 aliphatic heterocycles. The van der Waals surface area contributed by atoms with Crippen LogP contribution in [0.2, 0.25) is 0 Å². The second-order valence-electron chi connectivity index (χ2n) is 4.41. The lowest BCUT2D eigenvalue weighted by Gasteiger charge is -2.09. The number of carbonyl (C=O) groups is 1. The first kappa shape index (κ1) is 14.3. The average molecular weight is 329 g/mol. The number of hydrogen-bond donors (Lipinski definition) is 1. The third-order valence-electron chi connectivity index (χ3n) is 3.02. The standard InChI is InChI=1S/C16H13BrN2O/c1-11-14(6-3-7-15(11)17)16(20)19-10-13-5-2-4-12(8-13)9-18/h2-8H,10H2,1H3,(H,19,20). The summed E-state index contributed by atoms with van der Waals surface area (Å²) in [6, 6.07) is 14.8. The van der Waals surface area contributed by atoms with Gasteiger partial charge in [-0.3, -0.25) is 4.79 Å². The van der Waals surface area contributed by atoms with Gasteiger partial charge in [0.25, 0.3) is 5.91 Å². The molecule has 1 amide bonds. The second kappa shape index (κ2) is 6.36. The summed E-state index contributed by atoms with van der Waals surface area (Å²) in [5.74, 6) is -0.119. The quantitative estimate of drug-likeness (QED) is 0.936. The number of hydrogen-bond acceptors (Lipinski definition) is 2. The highest BCUT2D eigenvalue weighted by molar-refractivity contribution is 9.10. The highest BCUT2D eigenvalue weighted by Gasteiger charge is 2.10. The Balaban J connectivity index is 2.09. The molecule has 2 rings (SSSR count). The van der Waals surface area contributed by atoms with Crippen molar-refractivity contribution in [1.29, 1.82) is 5.26 Å². The van der Waals surface area contributed by atoms with Crippen LogP contribution in [-0.4, -0.2) is 5.91 Å². The third kappa shape index (κ3) is 3.25. The summed E-state index contributed by atoms with van der Waals surface area (Å²) in [6.07, 6.45) is 0. The summed E-state index contributed by atoms with van der Waals surface area (Å²) in [4.78, 5) is 12.1. The number of carbonyl (C=O) groups excluding carboxylic acids is 1. The van der Waals surface area contributed by atoms with Crippen LogP contribution < -0.4 is 5.32 Å². The maximum Gasteiger partial charge on any atom is 0.251 e. The van der Waals surface area contributed by atoms with Gasteiger partial charge < -0.3 is 5.32 Å². The maximum absolute atomic E-state index is 12.1. The van der Waals surface area contributed by atoms with Crippen molar-refractivity contribution in [2.24, 2.45) is 0 Å². The number of amides is 1. The summed E-state index contributed by atoms with van der Waals surface area (Å²) >= 11 is 3.41. The Labute approximate surface area is 126 Å². The molecular weight excluding hydrogens is 316 g/mol. The zero-order chi connectivity index (χ0) is 14.5. The van der Waals surface area contributed by atoms with Gasteiger partial charge in [-0.2, -0.15) is 5.26 Å². The van der Waals surface area contributed by atoms with E-state index in [1.807, 2.05) is 31.2 Å². The molecule has 20 heavy (non-hydrogen) atoms. The van der Waals surface area contributed by atoms with Gasteiger partial charge in [0.1, 0.15) is 0 Å². The molecule has 0 saturated carbocycles. The molecular formula is C16H13BrN2O. The Hall–Kier alpha value is -2.12. The Morgan fingerprint density at radius 1 is 1.30 bits per heavy atom. The fourth-order valence-electron chi connectivity index (χ4n) is 1.88. The number of nitriles is 1. The van der Waals surface area contributed by atoms with Crippen LogP contribution in [0.15, 0.2) is 46.9 Å². The first-order chi connectivity index (χ1) is 9.61. The zero-order valence-electron chi connectivity index (χ0n) is 11.0. The summed E-state index contributed by atoms with van der Waals surface area (Å²) in [6.45, 7) is 2.30. The van der Waals surface area contributed by atoms with Crippen molar-refractivity contribution in [2.45, 2.75) is 13.5 Å². The molecule has 0 heterocycles. The van der Waals surface area contributed by atoms with E-state index in [2.05, 4.69) is 27.3 Å². The predicted octanol–water partition coefficient (Wildman–Crippen LogP) is 3.56. The minimum Gasteiger partial charge on any atom is -0.348 e. The lowest BCUT2D eigenvalue weighted by molar-refractivity contribution is 0.0950. The minimum atomic E-state index is -0.119. The van der Waals surface area contributed by atoms with Crippen molar-refractivity contribution in [3.8, 4) is 6.07 Å². The van der Waals surface area contributed by atoms with Crippen molar-refractivity contribution in [2.75, 3.05) is 0 Å².